The van der Waals surface area contributed by atoms with E-state index in [9.17, 15) is 13.2 Å². The molecule has 23 heavy (non-hydrogen) atoms. The number of rotatable bonds is 3. The third-order valence-electron chi connectivity index (χ3n) is 3.78. The van der Waals surface area contributed by atoms with E-state index in [-0.39, 0.29) is 10.8 Å². The molecule has 0 saturated carbocycles. The summed E-state index contributed by atoms with van der Waals surface area (Å²) in [7, 11) is -3.75. The maximum Gasteiger partial charge on any atom is 0.274 e. The first-order valence-electron chi connectivity index (χ1n) is 7.22. The number of fused-ring (bicyclic) bond motifs is 1. The molecule has 3 N–H and O–H groups in total. The SMILES string of the molecule is NS(=O)(=O)c1ccc(NC(=O)c2ncnc3c2CCCC3)cc1. The van der Waals surface area contributed by atoms with Crippen LogP contribution in [0.15, 0.2) is 35.5 Å². The molecule has 0 atom stereocenters. The highest BCUT2D eigenvalue weighted by Crippen LogP contribution is 2.22. The quantitative estimate of drug-likeness (QED) is 0.878. The van der Waals surface area contributed by atoms with E-state index in [4.69, 9.17) is 5.14 Å². The molecular weight excluding hydrogens is 316 g/mol. The van der Waals surface area contributed by atoms with Crippen LogP contribution >= 0.6 is 0 Å². The average Bonchev–Trinajstić information content (AvgIpc) is 2.54. The van der Waals surface area contributed by atoms with Crippen LogP contribution in [-0.4, -0.2) is 24.3 Å². The zero-order valence-corrected chi connectivity index (χ0v) is 13.1. The number of nitrogens with zero attached hydrogens (tertiary/aromatic N) is 2. The predicted octanol–water partition coefficient (Wildman–Crippen LogP) is 1.26. The average molecular weight is 332 g/mol. The summed E-state index contributed by atoms with van der Waals surface area (Å²) in [6.45, 7) is 0. The van der Waals surface area contributed by atoms with Gasteiger partial charge < -0.3 is 5.32 Å². The van der Waals surface area contributed by atoms with Crippen LogP contribution in [-0.2, 0) is 22.9 Å². The molecule has 1 aliphatic rings. The number of hydrogen-bond donors (Lipinski definition) is 2. The van der Waals surface area contributed by atoms with Crippen LogP contribution in [0.3, 0.4) is 0 Å². The Hall–Kier alpha value is -2.32. The number of carbonyl (C=O) groups excluding carboxylic acids is 1. The molecule has 0 fully saturated rings. The van der Waals surface area contributed by atoms with E-state index in [0.29, 0.717) is 11.4 Å². The van der Waals surface area contributed by atoms with Crippen molar-refractivity contribution in [3.8, 4) is 0 Å². The minimum Gasteiger partial charge on any atom is -0.321 e. The van der Waals surface area contributed by atoms with Gasteiger partial charge in [-0.05, 0) is 49.9 Å². The molecule has 0 bridgehead atoms. The van der Waals surface area contributed by atoms with Gasteiger partial charge in [0, 0.05) is 16.9 Å². The number of aryl methyl sites for hydroxylation is 1. The van der Waals surface area contributed by atoms with Crippen molar-refractivity contribution >= 4 is 21.6 Å². The van der Waals surface area contributed by atoms with Gasteiger partial charge >= 0.3 is 0 Å². The van der Waals surface area contributed by atoms with Gasteiger partial charge in [-0.3, -0.25) is 4.79 Å². The highest BCUT2D eigenvalue weighted by Gasteiger charge is 2.20. The van der Waals surface area contributed by atoms with Crippen molar-refractivity contribution in [2.45, 2.75) is 30.6 Å². The predicted molar refractivity (Wildman–Crippen MR) is 84.4 cm³/mol. The Morgan fingerprint density at radius 1 is 1.09 bits per heavy atom. The van der Waals surface area contributed by atoms with Crippen molar-refractivity contribution in [2.75, 3.05) is 5.32 Å². The second-order valence-electron chi connectivity index (χ2n) is 5.38. The molecule has 1 aromatic heterocycles. The second-order valence-corrected chi connectivity index (χ2v) is 6.94. The van der Waals surface area contributed by atoms with Gasteiger partial charge in [0.05, 0.1) is 4.90 Å². The van der Waals surface area contributed by atoms with Gasteiger partial charge in [-0.25, -0.2) is 23.5 Å². The largest absolute Gasteiger partial charge is 0.321 e. The fourth-order valence-corrected chi connectivity index (χ4v) is 3.15. The molecule has 0 unspecified atom stereocenters. The molecule has 0 spiro atoms. The van der Waals surface area contributed by atoms with Gasteiger partial charge in [0.1, 0.15) is 12.0 Å². The van der Waals surface area contributed by atoms with Gasteiger partial charge in [-0.15, -0.1) is 0 Å². The number of anilines is 1. The number of sulfonamides is 1. The van der Waals surface area contributed by atoms with Crippen molar-refractivity contribution in [3.63, 3.8) is 0 Å². The molecule has 1 aliphatic carbocycles. The number of aromatic nitrogens is 2. The smallest absolute Gasteiger partial charge is 0.274 e. The molecule has 3 rings (SSSR count). The van der Waals surface area contributed by atoms with Crippen LogP contribution in [0.1, 0.15) is 34.6 Å². The maximum absolute atomic E-state index is 12.4. The summed E-state index contributed by atoms with van der Waals surface area (Å²) < 4.78 is 22.4. The Morgan fingerprint density at radius 3 is 2.48 bits per heavy atom. The van der Waals surface area contributed by atoms with E-state index in [2.05, 4.69) is 15.3 Å². The number of primary sulfonamides is 1. The van der Waals surface area contributed by atoms with Gasteiger partial charge in [0.25, 0.3) is 5.91 Å². The second kappa shape index (κ2) is 6.05. The van der Waals surface area contributed by atoms with Crippen LogP contribution in [0.5, 0.6) is 0 Å². The summed E-state index contributed by atoms with van der Waals surface area (Å²) >= 11 is 0. The Labute approximate surface area is 134 Å². The Morgan fingerprint density at radius 2 is 1.78 bits per heavy atom. The highest BCUT2D eigenvalue weighted by atomic mass is 32.2. The lowest BCUT2D eigenvalue weighted by atomic mass is 9.94. The van der Waals surface area contributed by atoms with E-state index >= 15 is 0 Å². The number of nitrogens with one attached hydrogen (secondary N) is 1. The minimum absolute atomic E-state index is 0.00471. The summed E-state index contributed by atoms with van der Waals surface area (Å²) in [6.07, 6.45) is 5.15. The molecule has 1 aromatic carbocycles. The number of benzene rings is 1. The molecule has 1 heterocycles. The first-order valence-corrected chi connectivity index (χ1v) is 8.77. The van der Waals surface area contributed by atoms with E-state index in [1.165, 1.54) is 30.6 Å². The summed E-state index contributed by atoms with van der Waals surface area (Å²) in [5.74, 6) is -0.325. The summed E-state index contributed by atoms with van der Waals surface area (Å²) in [5.41, 5.74) is 2.69. The molecule has 7 nitrogen and oxygen atoms in total. The summed E-state index contributed by atoms with van der Waals surface area (Å²) in [6, 6.07) is 5.68. The van der Waals surface area contributed by atoms with Crippen molar-refractivity contribution in [3.05, 3.63) is 47.5 Å². The fraction of sp³-hybridized carbons (Fsp3) is 0.267. The van der Waals surface area contributed by atoms with Crippen LogP contribution in [0, 0.1) is 0 Å². The van der Waals surface area contributed by atoms with Crippen molar-refractivity contribution < 1.29 is 13.2 Å². The fourth-order valence-electron chi connectivity index (χ4n) is 2.64. The molecule has 2 aromatic rings. The molecule has 0 aliphatic heterocycles. The highest BCUT2D eigenvalue weighted by molar-refractivity contribution is 7.89. The summed E-state index contributed by atoms with van der Waals surface area (Å²) in [5, 5.41) is 7.77. The van der Waals surface area contributed by atoms with Gasteiger partial charge in [-0.2, -0.15) is 0 Å². The van der Waals surface area contributed by atoms with Crippen LogP contribution in [0.2, 0.25) is 0 Å². The van der Waals surface area contributed by atoms with Crippen molar-refractivity contribution in [1.29, 1.82) is 0 Å². The normalized spacial score (nSPS) is 14.1. The Bertz CT molecular complexity index is 848. The van der Waals surface area contributed by atoms with E-state index in [1.807, 2.05) is 0 Å². The molecule has 120 valence electrons. The maximum atomic E-state index is 12.4. The number of hydrogen-bond acceptors (Lipinski definition) is 5. The molecule has 8 heteroatoms. The van der Waals surface area contributed by atoms with E-state index in [1.54, 1.807) is 0 Å². The standard InChI is InChI=1S/C15H16N4O3S/c16-23(21,22)11-7-5-10(6-8-11)19-15(20)14-12-3-1-2-4-13(12)17-9-18-14/h5-9H,1-4H2,(H,19,20)(H2,16,21,22). The van der Waals surface area contributed by atoms with Crippen molar-refractivity contribution in [1.82, 2.24) is 9.97 Å². The van der Waals surface area contributed by atoms with Gasteiger partial charge in [0.2, 0.25) is 10.0 Å². The molecule has 0 radical (unpaired) electrons. The van der Waals surface area contributed by atoms with Crippen LogP contribution in [0.4, 0.5) is 5.69 Å². The van der Waals surface area contributed by atoms with Crippen LogP contribution in [0.25, 0.3) is 0 Å². The lowest BCUT2D eigenvalue weighted by Gasteiger charge is -2.16. The van der Waals surface area contributed by atoms with Crippen molar-refractivity contribution in [2.24, 2.45) is 5.14 Å². The van der Waals surface area contributed by atoms with Gasteiger partial charge in [0.15, 0.2) is 0 Å². The van der Waals surface area contributed by atoms with Gasteiger partial charge in [-0.1, -0.05) is 0 Å². The third kappa shape index (κ3) is 3.38. The number of nitrogens with two attached hydrogens (primary N) is 1. The molecule has 0 saturated heterocycles. The Balaban J connectivity index is 1.82. The monoisotopic (exact) mass is 332 g/mol. The molecular formula is C15H16N4O3S. The zero-order valence-electron chi connectivity index (χ0n) is 12.3. The number of carbonyl (C=O) groups is 1. The minimum atomic E-state index is -3.75. The number of amides is 1. The lowest BCUT2D eigenvalue weighted by molar-refractivity contribution is 0.102. The lowest BCUT2D eigenvalue weighted by Crippen LogP contribution is -2.20. The van der Waals surface area contributed by atoms with E-state index in [0.717, 1.165) is 36.9 Å². The first kappa shape index (κ1) is 15.6. The third-order valence-corrected chi connectivity index (χ3v) is 4.71. The Kier molecular flexibility index (Phi) is 4.10. The molecule has 1 amide bonds. The van der Waals surface area contributed by atoms with Crippen LogP contribution < -0.4 is 10.5 Å². The van der Waals surface area contributed by atoms with E-state index < -0.39 is 10.0 Å². The topological polar surface area (TPSA) is 115 Å². The summed E-state index contributed by atoms with van der Waals surface area (Å²) in [4.78, 5) is 20.8. The first-order chi connectivity index (χ1) is 10.9. The zero-order chi connectivity index (χ0) is 16.4.